The van der Waals surface area contributed by atoms with Crippen molar-refractivity contribution in [2.24, 2.45) is 0 Å². The van der Waals surface area contributed by atoms with Gasteiger partial charge in [-0.25, -0.2) is 4.98 Å². The molecule has 0 saturated carbocycles. The van der Waals surface area contributed by atoms with Crippen LogP contribution in [0.2, 0.25) is 0 Å². The molecule has 1 saturated heterocycles. The Labute approximate surface area is 133 Å². The molecule has 0 atom stereocenters. The summed E-state index contributed by atoms with van der Waals surface area (Å²) in [6, 6.07) is 3.76. The van der Waals surface area contributed by atoms with Crippen LogP contribution in [0, 0.1) is 0 Å². The predicted octanol–water partition coefficient (Wildman–Crippen LogP) is 1.30. The van der Waals surface area contributed by atoms with Gasteiger partial charge in [0.1, 0.15) is 10.7 Å². The third-order valence-electron chi connectivity index (χ3n) is 3.45. The lowest BCUT2D eigenvalue weighted by molar-refractivity contribution is 0.0341. The fourth-order valence-electron chi connectivity index (χ4n) is 2.21. The van der Waals surface area contributed by atoms with Crippen LogP contribution >= 0.6 is 11.3 Å². The molecule has 0 spiro atoms. The van der Waals surface area contributed by atoms with Crippen LogP contribution in [-0.2, 0) is 17.8 Å². The van der Waals surface area contributed by atoms with Gasteiger partial charge < -0.3 is 10.1 Å². The molecule has 0 aromatic carbocycles. The molecule has 2 aromatic heterocycles. The van der Waals surface area contributed by atoms with E-state index in [0.29, 0.717) is 12.2 Å². The first-order valence-corrected chi connectivity index (χ1v) is 8.11. The molecule has 22 heavy (non-hydrogen) atoms. The van der Waals surface area contributed by atoms with Crippen LogP contribution < -0.4 is 5.32 Å². The summed E-state index contributed by atoms with van der Waals surface area (Å²) in [5.41, 5.74) is 1.51. The number of ether oxygens (including phenoxy) is 1. The molecule has 2 aromatic rings. The number of nitrogens with zero attached hydrogens (tertiary/aromatic N) is 3. The molecule has 0 bridgehead atoms. The first-order chi connectivity index (χ1) is 10.8. The Balaban J connectivity index is 1.52. The second-order valence-electron chi connectivity index (χ2n) is 5.05. The number of hydrogen-bond donors (Lipinski definition) is 1. The van der Waals surface area contributed by atoms with Crippen LogP contribution in [0.4, 0.5) is 0 Å². The van der Waals surface area contributed by atoms with Crippen molar-refractivity contribution < 1.29 is 9.53 Å². The predicted molar refractivity (Wildman–Crippen MR) is 83.6 cm³/mol. The van der Waals surface area contributed by atoms with Gasteiger partial charge >= 0.3 is 0 Å². The summed E-state index contributed by atoms with van der Waals surface area (Å²) in [7, 11) is 0. The zero-order valence-electron chi connectivity index (χ0n) is 12.2. The number of nitrogens with one attached hydrogen (secondary N) is 1. The molecule has 7 heteroatoms. The lowest BCUT2D eigenvalue weighted by atomic mass is 10.2. The molecule has 6 nitrogen and oxygen atoms in total. The number of carbonyl (C=O) groups excluding carboxylic acids is 1. The largest absolute Gasteiger partial charge is 0.379 e. The van der Waals surface area contributed by atoms with Crippen molar-refractivity contribution in [3.8, 4) is 0 Å². The molecule has 3 heterocycles. The van der Waals surface area contributed by atoms with Crippen LogP contribution in [-0.4, -0.2) is 47.1 Å². The first kappa shape index (κ1) is 15.1. The highest BCUT2D eigenvalue weighted by atomic mass is 32.1. The Morgan fingerprint density at radius 3 is 2.86 bits per heavy atom. The highest BCUT2D eigenvalue weighted by Crippen LogP contribution is 2.13. The Morgan fingerprint density at radius 2 is 2.09 bits per heavy atom. The normalized spacial score (nSPS) is 15.6. The fourth-order valence-corrected chi connectivity index (χ4v) is 3.03. The highest BCUT2D eigenvalue weighted by molar-refractivity contribution is 7.09. The van der Waals surface area contributed by atoms with Gasteiger partial charge in [-0.2, -0.15) is 0 Å². The van der Waals surface area contributed by atoms with E-state index in [-0.39, 0.29) is 5.91 Å². The average molecular weight is 318 g/mol. The number of rotatable bonds is 5. The smallest absolute Gasteiger partial charge is 0.271 e. The molecule has 1 aliphatic rings. The molecule has 1 fully saturated rings. The second-order valence-corrected chi connectivity index (χ2v) is 6.00. The minimum Gasteiger partial charge on any atom is -0.379 e. The summed E-state index contributed by atoms with van der Waals surface area (Å²) in [5.74, 6) is -0.138. The van der Waals surface area contributed by atoms with Crippen molar-refractivity contribution in [1.82, 2.24) is 20.2 Å². The molecule has 116 valence electrons. The van der Waals surface area contributed by atoms with Crippen LogP contribution in [0.25, 0.3) is 0 Å². The van der Waals surface area contributed by atoms with Crippen LogP contribution in [0.1, 0.15) is 21.1 Å². The summed E-state index contributed by atoms with van der Waals surface area (Å²) in [6.45, 7) is 4.64. The van der Waals surface area contributed by atoms with E-state index < -0.39 is 0 Å². The maximum absolute atomic E-state index is 12.1. The first-order valence-electron chi connectivity index (χ1n) is 7.23. The summed E-state index contributed by atoms with van der Waals surface area (Å²) in [6.07, 6.45) is 3.43. The summed E-state index contributed by atoms with van der Waals surface area (Å²) < 4.78 is 5.33. The van der Waals surface area contributed by atoms with E-state index in [1.807, 2.05) is 17.5 Å². The standard InChI is InChI=1S/C15H18N4O2S/c20-15(17-9-12-1-3-16-4-2-12)13-11-22-14(18-13)10-19-5-7-21-8-6-19/h1-4,11H,5-10H2,(H,17,20). The van der Waals surface area contributed by atoms with E-state index in [1.165, 1.54) is 11.3 Å². The highest BCUT2D eigenvalue weighted by Gasteiger charge is 2.15. The summed E-state index contributed by atoms with van der Waals surface area (Å²) in [5, 5.41) is 5.66. The minimum atomic E-state index is -0.138. The van der Waals surface area contributed by atoms with Crippen molar-refractivity contribution in [2.75, 3.05) is 26.3 Å². The molecule has 0 aliphatic carbocycles. The Morgan fingerprint density at radius 1 is 1.32 bits per heavy atom. The van der Waals surface area contributed by atoms with Gasteiger partial charge in [-0.1, -0.05) is 0 Å². The van der Waals surface area contributed by atoms with E-state index in [0.717, 1.165) is 43.4 Å². The van der Waals surface area contributed by atoms with Gasteiger partial charge in [-0.05, 0) is 17.7 Å². The van der Waals surface area contributed by atoms with Crippen molar-refractivity contribution in [2.45, 2.75) is 13.1 Å². The zero-order chi connectivity index (χ0) is 15.2. The maximum Gasteiger partial charge on any atom is 0.271 e. The second kappa shape index (κ2) is 7.44. The lowest BCUT2D eigenvalue weighted by Crippen LogP contribution is -2.35. The number of thiazole rings is 1. The number of morpholine rings is 1. The minimum absolute atomic E-state index is 0.138. The number of pyridine rings is 1. The van der Waals surface area contributed by atoms with E-state index in [9.17, 15) is 4.79 Å². The number of carbonyl (C=O) groups is 1. The summed E-state index contributed by atoms with van der Waals surface area (Å²) >= 11 is 1.53. The van der Waals surface area contributed by atoms with Gasteiger partial charge in [0.25, 0.3) is 5.91 Å². The Kier molecular flexibility index (Phi) is 5.10. The maximum atomic E-state index is 12.1. The number of aromatic nitrogens is 2. The molecular weight excluding hydrogens is 300 g/mol. The fraction of sp³-hybridized carbons (Fsp3) is 0.400. The van der Waals surface area contributed by atoms with Crippen LogP contribution in [0.15, 0.2) is 29.9 Å². The summed E-state index contributed by atoms with van der Waals surface area (Å²) in [4.78, 5) is 22.8. The van der Waals surface area contributed by atoms with Crippen molar-refractivity contribution in [3.63, 3.8) is 0 Å². The zero-order valence-corrected chi connectivity index (χ0v) is 13.0. The van der Waals surface area contributed by atoms with Crippen molar-refractivity contribution in [1.29, 1.82) is 0 Å². The SMILES string of the molecule is O=C(NCc1ccncc1)c1csc(CN2CCOCC2)n1. The van der Waals surface area contributed by atoms with E-state index in [2.05, 4.69) is 20.2 Å². The van der Waals surface area contributed by atoms with Gasteiger partial charge in [0.15, 0.2) is 0 Å². The average Bonchev–Trinajstić information content (AvgIpc) is 3.03. The monoisotopic (exact) mass is 318 g/mol. The molecule has 1 amide bonds. The lowest BCUT2D eigenvalue weighted by Gasteiger charge is -2.25. The van der Waals surface area contributed by atoms with E-state index in [4.69, 9.17) is 4.74 Å². The van der Waals surface area contributed by atoms with E-state index >= 15 is 0 Å². The molecule has 0 unspecified atom stereocenters. The topological polar surface area (TPSA) is 67.4 Å². The quantitative estimate of drug-likeness (QED) is 0.900. The molecule has 1 aliphatic heterocycles. The van der Waals surface area contributed by atoms with Gasteiger partial charge in [0, 0.05) is 37.4 Å². The van der Waals surface area contributed by atoms with Gasteiger partial charge in [-0.3, -0.25) is 14.7 Å². The van der Waals surface area contributed by atoms with Gasteiger partial charge in [0.2, 0.25) is 0 Å². The molecule has 0 radical (unpaired) electrons. The van der Waals surface area contributed by atoms with E-state index in [1.54, 1.807) is 12.4 Å². The molecule has 3 rings (SSSR count). The van der Waals surface area contributed by atoms with Crippen LogP contribution in [0.5, 0.6) is 0 Å². The Bertz CT molecular complexity index is 611. The third kappa shape index (κ3) is 4.09. The van der Waals surface area contributed by atoms with Gasteiger partial charge in [0.05, 0.1) is 19.8 Å². The third-order valence-corrected chi connectivity index (χ3v) is 4.28. The number of amides is 1. The van der Waals surface area contributed by atoms with Gasteiger partial charge in [-0.15, -0.1) is 11.3 Å². The van der Waals surface area contributed by atoms with Crippen LogP contribution in [0.3, 0.4) is 0 Å². The molecule has 1 N–H and O–H groups in total. The number of hydrogen-bond acceptors (Lipinski definition) is 6. The Hall–Kier alpha value is -1.83. The van der Waals surface area contributed by atoms with Crippen molar-refractivity contribution in [3.05, 3.63) is 46.2 Å². The molecular formula is C15H18N4O2S. The van der Waals surface area contributed by atoms with Crippen molar-refractivity contribution >= 4 is 17.2 Å².